The van der Waals surface area contributed by atoms with Gasteiger partial charge in [0.2, 0.25) is 0 Å². The number of aliphatic hydroxyl groups is 1. The lowest BCUT2D eigenvalue weighted by atomic mass is 10.6. The van der Waals surface area contributed by atoms with Crippen LogP contribution in [0, 0.1) is 11.5 Å². The molecular formula is C4H12NO5P. The second-order valence-corrected chi connectivity index (χ2v) is 2.35. The Bertz CT molecular complexity index is 128. The van der Waals surface area contributed by atoms with Crippen molar-refractivity contribution >= 4 is 7.82 Å². The van der Waals surface area contributed by atoms with Crippen LogP contribution < -0.4 is 0 Å². The van der Waals surface area contributed by atoms with E-state index in [4.69, 9.17) is 29.6 Å². The van der Waals surface area contributed by atoms with Crippen LogP contribution >= 0.6 is 7.82 Å². The first-order valence-corrected chi connectivity index (χ1v) is 4.21. The van der Waals surface area contributed by atoms with Gasteiger partial charge in [-0.3, -0.25) is 0 Å². The molecule has 0 rings (SSSR count). The number of hydrogen-bond donors (Lipinski definition) is 4. The minimum absolute atomic E-state index is 0.750. The van der Waals surface area contributed by atoms with Gasteiger partial charge in [-0.15, -0.1) is 0 Å². The fraction of sp³-hybridized carbons (Fsp3) is 0.750. The molecule has 0 heterocycles. The molecule has 0 saturated heterocycles. The molecule has 0 atom stereocenters. The predicted octanol–water partition coefficient (Wildman–Crippen LogP) is 0.328. The van der Waals surface area contributed by atoms with Crippen LogP contribution in [0.25, 0.3) is 0 Å². The fourth-order valence-corrected chi connectivity index (χ4v) is 0. The second kappa shape index (κ2) is 12.1. The smallest absolute Gasteiger partial charge is 0.443 e. The van der Waals surface area contributed by atoms with Crippen molar-refractivity contribution in [1.82, 2.24) is 0 Å². The van der Waals surface area contributed by atoms with Gasteiger partial charge in [-0.05, 0) is 0 Å². The molecule has 0 spiro atoms. The van der Waals surface area contributed by atoms with Gasteiger partial charge in [0.15, 0.2) is 0 Å². The average Bonchev–Trinajstić information content (AvgIpc) is 1.62. The van der Waals surface area contributed by atoms with E-state index in [0.29, 0.717) is 0 Å². The number of hydrogen-bond acceptors (Lipinski definition) is 3. The summed E-state index contributed by atoms with van der Waals surface area (Å²) in [5.41, 5.74) is 0. The minimum atomic E-state index is -4.64. The first kappa shape index (κ1) is 16.8. The Morgan fingerprint density at radius 2 is 1.36 bits per heavy atom. The van der Waals surface area contributed by atoms with Crippen molar-refractivity contribution in [2.75, 3.05) is 0 Å². The van der Waals surface area contributed by atoms with Crippen LogP contribution in [0.5, 0.6) is 0 Å². The molecule has 0 bridgehead atoms. The van der Waals surface area contributed by atoms with E-state index in [-0.39, 0.29) is 0 Å². The molecule has 4 N–H and O–H groups in total. The first-order chi connectivity index (χ1) is 4.83. The third kappa shape index (κ3) is 1430. The van der Waals surface area contributed by atoms with Gasteiger partial charge in [0.1, 0.15) is 0 Å². The molecule has 0 aliphatic heterocycles. The highest BCUT2D eigenvalue weighted by Crippen LogP contribution is 2.25. The molecule has 0 radical (unpaired) electrons. The van der Waals surface area contributed by atoms with Gasteiger partial charge in [-0.2, -0.15) is 5.26 Å². The zero-order valence-electron chi connectivity index (χ0n) is 6.30. The molecule has 0 amide bonds. The molecule has 6 nitrogen and oxygen atoms in total. The zero-order valence-corrected chi connectivity index (χ0v) is 7.19. The Kier molecular flexibility index (Phi) is 18.5. The summed E-state index contributed by atoms with van der Waals surface area (Å²) >= 11 is 0. The summed E-state index contributed by atoms with van der Waals surface area (Å²) in [6, 6.07) is 0. The third-order valence-corrected chi connectivity index (χ3v) is 0. The molecule has 0 aromatic rings. The third-order valence-electron chi connectivity index (χ3n) is 0. The molecule has 0 saturated carbocycles. The molecule has 0 fully saturated rings. The molecule has 0 aliphatic rings. The van der Waals surface area contributed by atoms with Crippen molar-refractivity contribution in [2.24, 2.45) is 0 Å². The molecule has 11 heavy (non-hydrogen) atoms. The second-order valence-electron chi connectivity index (χ2n) is 1.32. The molecule has 7 heteroatoms. The topological polar surface area (TPSA) is 122 Å². The number of aliphatic hydroxyl groups excluding tert-OH is 1. The Labute approximate surface area is 65.0 Å². The molecule has 0 aromatic carbocycles. The maximum atomic E-state index is 8.88. The van der Waals surface area contributed by atoms with E-state index in [1.165, 1.54) is 6.42 Å². The first-order valence-electron chi connectivity index (χ1n) is 2.64. The largest absolute Gasteiger partial charge is 0.466 e. The Hall–Kier alpha value is -0.600. The van der Waals surface area contributed by atoms with Crippen molar-refractivity contribution in [1.29, 1.82) is 5.26 Å². The van der Waals surface area contributed by atoms with Crippen LogP contribution in [0.15, 0.2) is 0 Å². The quantitative estimate of drug-likeness (QED) is 0.318. The Balaban J connectivity index is -0.0000000933. The Morgan fingerprint density at radius 3 is 1.36 bits per heavy atom. The summed E-state index contributed by atoms with van der Waals surface area (Å²) in [6.07, 6.45) is 2.00. The van der Waals surface area contributed by atoms with Gasteiger partial charge in [-0.1, -0.05) is 20.3 Å². The molecule has 0 unspecified atom stereocenters. The number of phosphoric acid groups is 1. The number of rotatable bonds is 0. The normalized spacial score (nSPS) is 7.64. The summed E-state index contributed by atoms with van der Waals surface area (Å²) in [6.45, 7) is 4.25. The summed E-state index contributed by atoms with van der Waals surface area (Å²) in [7, 11) is -4.64. The monoisotopic (exact) mass is 185 g/mol. The van der Waals surface area contributed by atoms with E-state index < -0.39 is 7.82 Å². The molecule has 0 aliphatic carbocycles. The van der Waals surface area contributed by atoms with Gasteiger partial charge in [0.05, 0.1) is 0 Å². The van der Waals surface area contributed by atoms with Crippen molar-refractivity contribution < 1.29 is 24.4 Å². The lowest BCUT2D eigenvalue weighted by Crippen LogP contribution is -1.66. The van der Waals surface area contributed by atoms with Crippen LogP contribution in [0.3, 0.4) is 0 Å². The van der Waals surface area contributed by atoms with Crippen molar-refractivity contribution in [2.45, 2.75) is 20.3 Å². The maximum absolute atomic E-state index is 8.88. The summed E-state index contributed by atoms with van der Waals surface area (Å²) in [4.78, 5) is 21.6. The average molecular weight is 185 g/mol. The van der Waals surface area contributed by atoms with E-state index in [0.717, 1.165) is 6.26 Å². The van der Waals surface area contributed by atoms with Gasteiger partial charge < -0.3 is 19.8 Å². The SMILES string of the molecule is CCC.N#CO.O=P(O)(O)O. The number of nitrogens with zero attached hydrogens (tertiary/aromatic N) is 1. The summed E-state index contributed by atoms with van der Waals surface area (Å²) in [5, 5.41) is 13.8. The van der Waals surface area contributed by atoms with Crippen LogP contribution in [0.1, 0.15) is 20.3 Å². The van der Waals surface area contributed by atoms with Crippen LogP contribution in [-0.2, 0) is 4.57 Å². The predicted molar refractivity (Wildman–Crippen MR) is 37.8 cm³/mol. The highest BCUT2D eigenvalue weighted by Gasteiger charge is 2.00. The zero-order chi connectivity index (χ0) is 9.91. The molecular weight excluding hydrogens is 173 g/mol. The van der Waals surface area contributed by atoms with Crippen molar-refractivity contribution in [3.05, 3.63) is 0 Å². The highest BCUT2D eigenvalue weighted by molar-refractivity contribution is 7.45. The van der Waals surface area contributed by atoms with Crippen molar-refractivity contribution in [3.8, 4) is 6.26 Å². The Morgan fingerprint density at radius 1 is 1.36 bits per heavy atom. The lowest BCUT2D eigenvalue weighted by molar-refractivity contribution is 0.275. The van der Waals surface area contributed by atoms with Crippen molar-refractivity contribution in [3.63, 3.8) is 0 Å². The van der Waals surface area contributed by atoms with Gasteiger partial charge in [0, 0.05) is 0 Å². The fourth-order valence-electron chi connectivity index (χ4n) is 0. The standard InChI is InChI=1S/C3H8.CHNO.H3O4P/c1-3-2;2-1-3;1-5(2,3)4/h3H2,1-2H3;3H;(H3,1,2,3,4). The highest BCUT2D eigenvalue weighted by atomic mass is 31.2. The van der Waals surface area contributed by atoms with Crippen LogP contribution in [0.4, 0.5) is 0 Å². The summed E-state index contributed by atoms with van der Waals surface area (Å²) in [5.74, 6) is 0. The van der Waals surface area contributed by atoms with E-state index in [2.05, 4.69) is 13.8 Å². The van der Waals surface area contributed by atoms with Crippen LogP contribution in [0.2, 0.25) is 0 Å². The van der Waals surface area contributed by atoms with E-state index in [1.807, 2.05) is 0 Å². The van der Waals surface area contributed by atoms with Crippen LogP contribution in [-0.4, -0.2) is 19.8 Å². The van der Waals surface area contributed by atoms with Gasteiger partial charge in [-0.25, -0.2) is 4.57 Å². The van der Waals surface area contributed by atoms with E-state index in [9.17, 15) is 0 Å². The molecule has 0 aromatic heterocycles. The summed E-state index contributed by atoms with van der Waals surface area (Å²) < 4.78 is 8.88. The number of nitriles is 1. The van der Waals surface area contributed by atoms with Gasteiger partial charge in [0.25, 0.3) is 6.26 Å². The maximum Gasteiger partial charge on any atom is 0.466 e. The van der Waals surface area contributed by atoms with E-state index in [1.54, 1.807) is 0 Å². The lowest BCUT2D eigenvalue weighted by Gasteiger charge is -1.82. The van der Waals surface area contributed by atoms with E-state index >= 15 is 0 Å². The molecule has 68 valence electrons. The minimum Gasteiger partial charge on any atom is -0.443 e. The van der Waals surface area contributed by atoms with Gasteiger partial charge >= 0.3 is 7.82 Å².